The van der Waals surface area contributed by atoms with E-state index in [1.165, 1.54) is 25.0 Å². The highest BCUT2D eigenvalue weighted by molar-refractivity contribution is 7.92. The fraction of sp³-hybridized carbons (Fsp3) is 0.321. The molecule has 2 unspecified atom stereocenters. The van der Waals surface area contributed by atoms with Crippen LogP contribution >= 0.6 is 0 Å². The molecule has 0 spiro atoms. The number of halogens is 2. The standard InChI is InChI=1S/C28H31F2N3O3S/c1-20-4-3-17-32(18-20)25-11-5-22(6-12-25)21(2)31-28(34)19-33(26-13-7-23(29)8-14-26)37(35,36)27-15-9-24(30)10-16-27/h5-16,20-21H,3-4,17-19H2,1-2H3,(H,31,34). The van der Waals surface area contributed by atoms with Crippen molar-refractivity contribution in [3.63, 3.8) is 0 Å². The zero-order valence-electron chi connectivity index (χ0n) is 20.9. The summed E-state index contributed by atoms with van der Waals surface area (Å²) in [4.78, 5) is 15.2. The summed E-state index contributed by atoms with van der Waals surface area (Å²) in [6.45, 7) is 5.60. The van der Waals surface area contributed by atoms with Crippen LogP contribution < -0.4 is 14.5 Å². The number of hydrogen-bond acceptors (Lipinski definition) is 4. The van der Waals surface area contributed by atoms with Crippen LogP contribution in [0.5, 0.6) is 0 Å². The first-order valence-corrected chi connectivity index (χ1v) is 13.8. The van der Waals surface area contributed by atoms with E-state index in [4.69, 9.17) is 0 Å². The van der Waals surface area contributed by atoms with E-state index in [9.17, 15) is 22.0 Å². The van der Waals surface area contributed by atoms with Gasteiger partial charge < -0.3 is 10.2 Å². The molecule has 3 aromatic carbocycles. The molecule has 6 nitrogen and oxygen atoms in total. The number of nitrogens with zero attached hydrogens (tertiary/aromatic N) is 2. The first-order chi connectivity index (χ1) is 17.6. The first-order valence-electron chi connectivity index (χ1n) is 12.3. The molecular formula is C28H31F2N3O3S. The van der Waals surface area contributed by atoms with E-state index >= 15 is 0 Å². The number of anilines is 2. The number of amides is 1. The van der Waals surface area contributed by atoms with Crippen molar-refractivity contribution in [1.82, 2.24) is 5.32 Å². The normalized spacial score (nSPS) is 16.8. The van der Waals surface area contributed by atoms with E-state index < -0.39 is 34.1 Å². The Labute approximate surface area is 217 Å². The molecule has 1 saturated heterocycles. The minimum absolute atomic E-state index is 0.119. The van der Waals surface area contributed by atoms with E-state index in [1.807, 2.05) is 31.2 Å². The molecule has 0 radical (unpaired) electrons. The molecule has 2 atom stereocenters. The summed E-state index contributed by atoms with van der Waals surface area (Å²) in [5.74, 6) is -0.999. The summed E-state index contributed by atoms with van der Waals surface area (Å²) in [6, 6.07) is 16.8. The van der Waals surface area contributed by atoms with Crippen LogP contribution in [-0.4, -0.2) is 34.0 Å². The summed E-state index contributed by atoms with van der Waals surface area (Å²) < 4.78 is 54.5. The molecule has 0 saturated carbocycles. The van der Waals surface area contributed by atoms with Crippen molar-refractivity contribution in [2.75, 3.05) is 28.8 Å². The van der Waals surface area contributed by atoms with E-state index in [2.05, 4.69) is 17.1 Å². The maximum atomic E-state index is 13.5. The van der Waals surface area contributed by atoms with Gasteiger partial charge in [0.25, 0.3) is 10.0 Å². The van der Waals surface area contributed by atoms with Crippen molar-refractivity contribution in [2.24, 2.45) is 5.92 Å². The average molecular weight is 528 g/mol. The Bertz CT molecular complexity index is 1310. The van der Waals surface area contributed by atoms with Gasteiger partial charge in [-0.3, -0.25) is 9.10 Å². The number of sulfonamides is 1. The Morgan fingerprint density at radius 1 is 1.00 bits per heavy atom. The molecule has 37 heavy (non-hydrogen) atoms. The topological polar surface area (TPSA) is 69.7 Å². The lowest BCUT2D eigenvalue weighted by atomic mass is 9.99. The summed E-state index contributed by atoms with van der Waals surface area (Å²) in [6.07, 6.45) is 2.41. The zero-order valence-corrected chi connectivity index (χ0v) is 21.7. The van der Waals surface area contributed by atoms with Crippen LogP contribution in [0.4, 0.5) is 20.2 Å². The van der Waals surface area contributed by atoms with E-state index in [1.54, 1.807) is 0 Å². The maximum absolute atomic E-state index is 13.5. The molecule has 3 aromatic rings. The number of hydrogen-bond donors (Lipinski definition) is 1. The van der Waals surface area contributed by atoms with Gasteiger partial charge in [0.1, 0.15) is 18.2 Å². The summed E-state index contributed by atoms with van der Waals surface area (Å²) in [5.41, 5.74) is 2.15. The van der Waals surface area contributed by atoms with Gasteiger partial charge in [0.2, 0.25) is 5.91 Å². The Hall–Kier alpha value is -3.46. The molecule has 0 bridgehead atoms. The van der Waals surface area contributed by atoms with Crippen LogP contribution in [-0.2, 0) is 14.8 Å². The second kappa shape index (κ2) is 11.3. The van der Waals surface area contributed by atoms with Gasteiger partial charge in [-0.1, -0.05) is 19.1 Å². The van der Waals surface area contributed by atoms with E-state index in [0.29, 0.717) is 5.92 Å². The van der Waals surface area contributed by atoms with Crippen molar-refractivity contribution < 1.29 is 22.0 Å². The Balaban J connectivity index is 1.49. The van der Waals surface area contributed by atoms with Crippen molar-refractivity contribution in [3.05, 3.63) is 90.0 Å². The van der Waals surface area contributed by atoms with Crippen LogP contribution in [0.1, 0.15) is 38.3 Å². The second-order valence-corrected chi connectivity index (χ2v) is 11.4. The SMILES string of the molecule is CC1CCCN(c2ccc(C(C)NC(=O)CN(c3ccc(F)cc3)S(=O)(=O)c3ccc(F)cc3)cc2)C1. The Morgan fingerprint density at radius 2 is 1.59 bits per heavy atom. The highest BCUT2D eigenvalue weighted by atomic mass is 32.2. The van der Waals surface area contributed by atoms with Gasteiger partial charge in [-0.2, -0.15) is 0 Å². The van der Waals surface area contributed by atoms with Crippen LogP contribution in [0.2, 0.25) is 0 Å². The molecule has 1 amide bonds. The first kappa shape index (κ1) is 26.6. The highest BCUT2D eigenvalue weighted by Gasteiger charge is 2.28. The van der Waals surface area contributed by atoms with E-state index in [-0.39, 0.29) is 16.6 Å². The van der Waals surface area contributed by atoms with Crippen LogP contribution in [0.15, 0.2) is 77.7 Å². The zero-order chi connectivity index (χ0) is 26.6. The van der Waals surface area contributed by atoms with Gasteiger partial charge in [0, 0.05) is 18.8 Å². The fourth-order valence-corrected chi connectivity index (χ4v) is 5.98. The van der Waals surface area contributed by atoms with Gasteiger partial charge >= 0.3 is 0 Å². The average Bonchev–Trinajstić information content (AvgIpc) is 2.88. The Kier molecular flexibility index (Phi) is 8.12. The molecule has 1 aliphatic rings. The third-order valence-electron chi connectivity index (χ3n) is 6.60. The lowest BCUT2D eigenvalue weighted by Gasteiger charge is -2.33. The van der Waals surface area contributed by atoms with Crippen molar-refractivity contribution in [3.8, 4) is 0 Å². The molecule has 1 fully saturated rings. The summed E-state index contributed by atoms with van der Waals surface area (Å²) in [5, 5.41) is 2.85. The molecule has 9 heteroatoms. The van der Waals surface area contributed by atoms with Gasteiger partial charge in [-0.25, -0.2) is 17.2 Å². The smallest absolute Gasteiger partial charge is 0.264 e. The lowest BCUT2D eigenvalue weighted by Crippen LogP contribution is -2.41. The molecule has 196 valence electrons. The van der Waals surface area contributed by atoms with Crippen LogP contribution in [0.25, 0.3) is 0 Å². The number of nitrogens with one attached hydrogen (secondary N) is 1. The number of benzene rings is 3. The molecule has 1 aliphatic heterocycles. The highest BCUT2D eigenvalue weighted by Crippen LogP contribution is 2.26. The maximum Gasteiger partial charge on any atom is 0.264 e. The number of carbonyl (C=O) groups is 1. The third-order valence-corrected chi connectivity index (χ3v) is 8.38. The minimum atomic E-state index is -4.22. The van der Waals surface area contributed by atoms with Crippen LogP contribution in [0, 0.1) is 17.6 Å². The van der Waals surface area contributed by atoms with Gasteiger partial charge in [0.15, 0.2) is 0 Å². The number of rotatable bonds is 8. The van der Waals surface area contributed by atoms with Gasteiger partial charge in [-0.15, -0.1) is 0 Å². The summed E-state index contributed by atoms with van der Waals surface area (Å²) >= 11 is 0. The summed E-state index contributed by atoms with van der Waals surface area (Å²) in [7, 11) is -4.22. The predicted octanol–water partition coefficient (Wildman–Crippen LogP) is 5.27. The molecule has 0 aromatic heterocycles. The van der Waals surface area contributed by atoms with E-state index in [0.717, 1.165) is 65.0 Å². The quantitative estimate of drug-likeness (QED) is 0.433. The predicted molar refractivity (Wildman–Crippen MR) is 141 cm³/mol. The van der Waals surface area contributed by atoms with Crippen molar-refractivity contribution >= 4 is 27.3 Å². The molecule has 1 N–H and O–H groups in total. The van der Waals surface area contributed by atoms with Crippen molar-refractivity contribution in [2.45, 2.75) is 37.6 Å². The second-order valence-electron chi connectivity index (χ2n) is 9.52. The fourth-order valence-electron chi connectivity index (χ4n) is 4.55. The molecular weight excluding hydrogens is 496 g/mol. The lowest BCUT2D eigenvalue weighted by molar-refractivity contribution is -0.120. The largest absolute Gasteiger partial charge is 0.371 e. The molecule has 1 heterocycles. The Morgan fingerprint density at radius 3 is 2.19 bits per heavy atom. The third kappa shape index (κ3) is 6.46. The van der Waals surface area contributed by atoms with Gasteiger partial charge in [0.05, 0.1) is 16.6 Å². The van der Waals surface area contributed by atoms with Gasteiger partial charge in [-0.05, 0) is 91.9 Å². The molecule has 4 rings (SSSR count). The molecule has 0 aliphatic carbocycles. The monoisotopic (exact) mass is 527 g/mol. The van der Waals surface area contributed by atoms with Crippen molar-refractivity contribution in [1.29, 1.82) is 0 Å². The minimum Gasteiger partial charge on any atom is -0.371 e. The number of piperidine rings is 1. The van der Waals surface area contributed by atoms with Crippen LogP contribution in [0.3, 0.4) is 0 Å². The number of carbonyl (C=O) groups excluding carboxylic acids is 1.